The second kappa shape index (κ2) is 6.31. The van der Waals surface area contributed by atoms with Gasteiger partial charge in [-0.1, -0.05) is 36.4 Å². The van der Waals surface area contributed by atoms with Crippen LogP contribution in [0, 0.1) is 0 Å². The summed E-state index contributed by atoms with van der Waals surface area (Å²) >= 11 is 0. The minimum absolute atomic E-state index is 0.0734. The van der Waals surface area contributed by atoms with Crippen molar-refractivity contribution < 1.29 is 9.53 Å². The first-order valence-corrected chi connectivity index (χ1v) is 7.24. The number of fused-ring (bicyclic) bond motifs is 1. The smallest absolute Gasteiger partial charge is 0.248 e. The molecule has 1 aliphatic rings. The van der Waals surface area contributed by atoms with Crippen LogP contribution in [-0.4, -0.2) is 12.0 Å². The van der Waals surface area contributed by atoms with Gasteiger partial charge in [-0.2, -0.15) is 0 Å². The Kier molecular flexibility index (Phi) is 4.05. The van der Waals surface area contributed by atoms with Crippen LogP contribution in [0.4, 0.5) is 5.69 Å². The molecule has 0 aliphatic carbocycles. The van der Waals surface area contributed by atoms with Gasteiger partial charge in [0.2, 0.25) is 5.91 Å². The van der Waals surface area contributed by atoms with E-state index in [1.807, 2.05) is 61.5 Å². The van der Waals surface area contributed by atoms with Gasteiger partial charge in [0, 0.05) is 17.3 Å². The summed E-state index contributed by atoms with van der Waals surface area (Å²) in [4.78, 5) is 11.9. The van der Waals surface area contributed by atoms with Crippen LogP contribution >= 0.6 is 0 Å². The fraction of sp³-hybridized carbons (Fsp3) is 0.105. The van der Waals surface area contributed by atoms with E-state index in [9.17, 15) is 4.79 Å². The average molecular weight is 291 g/mol. The zero-order chi connectivity index (χ0) is 15.4. The average Bonchev–Trinajstić information content (AvgIpc) is 2.54. The third kappa shape index (κ3) is 3.26. The zero-order valence-electron chi connectivity index (χ0n) is 12.3. The largest absolute Gasteiger partial charge is 0.485 e. The van der Waals surface area contributed by atoms with Crippen molar-refractivity contribution in [2.24, 2.45) is 0 Å². The molecule has 3 nitrogen and oxygen atoms in total. The maximum atomic E-state index is 11.9. The maximum Gasteiger partial charge on any atom is 0.248 e. The Bertz CT molecular complexity index is 732. The van der Waals surface area contributed by atoms with Crippen LogP contribution in [0.15, 0.2) is 72.3 Å². The molecule has 0 saturated carbocycles. The van der Waals surface area contributed by atoms with Crippen molar-refractivity contribution in [3.63, 3.8) is 0 Å². The van der Waals surface area contributed by atoms with E-state index in [0.717, 1.165) is 22.6 Å². The molecule has 2 aromatic rings. The molecule has 1 atom stereocenters. The maximum absolute atomic E-state index is 11.9. The van der Waals surface area contributed by atoms with Crippen molar-refractivity contribution in [2.75, 3.05) is 5.32 Å². The molecule has 0 aromatic heterocycles. The molecule has 22 heavy (non-hydrogen) atoms. The lowest BCUT2D eigenvalue weighted by Gasteiger charge is -2.22. The number of hydrogen-bond donors (Lipinski definition) is 1. The zero-order valence-corrected chi connectivity index (χ0v) is 12.3. The number of anilines is 1. The monoisotopic (exact) mass is 291 g/mol. The van der Waals surface area contributed by atoms with Gasteiger partial charge >= 0.3 is 0 Å². The van der Waals surface area contributed by atoms with Gasteiger partial charge in [0.15, 0.2) is 0 Å². The van der Waals surface area contributed by atoms with Crippen LogP contribution < -0.4 is 10.1 Å². The van der Waals surface area contributed by atoms with E-state index in [4.69, 9.17) is 4.74 Å². The van der Waals surface area contributed by atoms with E-state index < -0.39 is 0 Å². The highest BCUT2D eigenvalue weighted by Gasteiger charge is 2.16. The van der Waals surface area contributed by atoms with Crippen LogP contribution in [0.5, 0.6) is 5.75 Å². The number of hydrogen-bond acceptors (Lipinski definition) is 2. The second-order valence-electron chi connectivity index (χ2n) is 5.13. The molecule has 3 heteroatoms. The van der Waals surface area contributed by atoms with Crippen molar-refractivity contribution in [1.29, 1.82) is 0 Å². The molecule has 1 amide bonds. The Labute approximate surface area is 129 Å². The Morgan fingerprint density at radius 3 is 2.64 bits per heavy atom. The first-order valence-electron chi connectivity index (χ1n) is 7.24. The summed E-state index contributed by atoms with van der Waals surface area (Å²) in [5.41, 5.74) is 2.79. The molecule has 0 radical (unpaired) electrons. The van der Waals surface area contributed by atoms with E-state index in [1.165, 1.54) is 6.08 Å². The number of ether oxygens (including phenoxy) is 1. The quantitative estimate of drug-likeness (QED) is 0.867. The Morgan fingerprint density at radius 1 is 1.09 bits per heavy atom. The summed E-state index contributed by atoms with van der Waals surface area (Å²) in [5, 5.41) is 2.82. The lowest BCUT2D eigenvalue weighted by molar-refractivity contribution is -0.111. The summed E-state index contributed by atoms with van der Waals surface area (Å²) < 4.78 is 5.84. The van der Waals surface area contributed by atoms with Crippen molar-refractivity contribution in [2.45, 2.75) is 13.0 Å². The summed E-state index contributed by atoms with van der Waals surface area (Å²) in [6.45, 7) is 1.97. The van der Waals surface area contributed by atoms with Crippen molar-refractivity contribution in [1.82, 2.24) is 0 Å². The lowest BCUT2D eigenvalue weighted by Crippen LogP contribution is -2.18. The molecule has 0 spiro atoms. The minimum Gasteiger partial charge on any atom is -0.485 e. The minimum atomic E-state index is -0.154. The van der Waals surface area contributed by atoms with Gasteiger partial charge in [-0.15, -0.1) is 0 Å². The number of carbonyl (C=O) groups excluding carboxylic acids is 1. The topological polar surface area (TPSA) is 38.3 Å². The summed E-state index contributed by atoms with van der Waals surface area (Å²) in [6, 6.07) is 17.3. The summed E-state index contributed by atoms with van der Waals surface area (Å²) in [7, 11) is 0. The van der Waals surface area contributed by atoms with Crippen molar-refractivity contribution in [3.05, 3.63) is 77.9 Å². The molecule has 1 unspecified atom stereocenters. The van der Waals surface area contributed by atoms with Crippen molar-refractivity contribution >= 4 is 17.7 Å². The molecule has 1 heterocycles. The lowest BCUT2D eigenvalue weighted by atomic mass is 10.0. The third-order valence-corrected chi connectivity index (χ3v) is 3.48. The SMILES string of the molecule is CC1Oc2ccccc2C=C1/C=C/C(=O)Nc1ccccc1. The molecule has 0 saturated heterocycles. The Morgan fingerprint density at radius 2 is 1.82 bits per heavy atom. The Balaban J connectivity index is 1.72. The predicted molar refractivity (Wildman–Crippen MR) is 88.7 cm³/mol. The van der Waals surface area contributed by atoms with Gasteiger partial charge in [0.25, 0.3) is 0 Å². The molecule has 1 N–H and O–H groups in total. The normalized spacial score (nSPS) is 16.6. The van der Waals surface area contributed by atoms with E-state index in [0.29, 0.717) is 0 Å². The molecule has 0 fully saturated rings. The first kappa shape index (κ1) is 14.1. The number of benzene rings is 2. The highest BCUT2D eigenvalue weighted by molar-refractivity contribution is 5.99. The second-order valence-corrected chi connectivity index (χ2v) is 5.13. The molecular weight excluding hydrogens is 274 g/mol. The number of amides is 1. The summed E-state index contributed by atoms with van der Waals surface area (Å²) in [5.74, 6) is 0.721. The highest BCUT2D eigenvalue weighted by atomic mass is 16.5. The van der Waals surface area contributed by atoms with Crippen LogP contribution in [0.2, 0.25) is 0 Å². The molecule has 3 rings (SSSR count). The molecule has 1 aliphatic heterocycles. The van der Waals surface area contributed by atoms with Crippen LogP contribution in [-0.2, 0) is 4.79 Å². The van der Waals surface area contributed by atoms with Crippen LogP contribution in [0.3, 0.4) is 0 Å². The van der Waals surface area contributed by atoms with E-state index >= 15 is 0 Å². The summed E-state index contributed by atoms with van der Waals surface area (Å²) in [6.07, 6.45) is 5.32. The predicted octanol–water partition coefficient (Wildman–Crippen LogP) is 4.05. The number of para-hydroxylation sites is 2. The molecular formula is C19H17NO2. The fourth-order valence-electron chi connectivity index (χ4n) is 2.32. The van der Waals surface area contributed by atoms with E-state index in [2.05, 4.69) is 11.4 Å². The van der Waals surface area contributed by atoms with E-state index in [1.54, 1.807) is 6.08 Å². The standard InChI is InChI=1S/C19H17NO2/c1-14-15(13-16-7-5-6-10-18(16)22-14)11-12-19(21)20-17-8-3-2-4-9-17/h2-14H,1H3,(H,20,21)/b12-11+. The van der Waals surface area contributed by atoms with Crippen molar-refractivity contribution in [3.8, 4) is 5.75 Å². The van der Waals surface area contributed by atoms with Gasteiger partial charge in [0.1, 0.15) is 11.9 Å². The fourth-order valence-corrected chi connectivity index (χ4v) is 2.32. The third-order valence-electron chi connectivity index (χ3n) is 3.48. The molecule has 110 valence electrons. The van der Waals surface area contributed by atoms with Gasteiger partial charge in [-0.05, 0) is 42.8 Å². The van der Waals surface area contributed by atoms with Crippen LogP contribution in [0.1, 0.15) is 12.5 Å². The van der Waals surface area contributed by atoms with Gasteiger partial charge in [-0.3, -0.25) is 4.79 Å². The van der Waals surface area contributed by atoms with Gasteiger partial charge < -0.3 is 10.1 Å². The van der Waals surface area contributed by atoms with Gasteiger partial charge in [0.05, 0.1) is 0 Å². The number of carbonyl (C=O) groups is 1. The number of nitrogens with one attached hydrogen (secondary N) is 1. The molecule has 0 bridgehead atoms. The van der Waals surface area contributed by atoms with Gasteiger partial charge in [-0.25, -0.2) is 0 Å². The number of rotatable bonds is 3. The van der Waals surface area contributed by atoms with E-state index in [-0.39, 0.29) is 12.0 Å². The van der Waals surface area contributed by atoms with Crippen LogP contribution in [0.25, 0.3) is 6.08 Å². The molecule has 2 aromatic carbocycles. The highest BCUT2D eigenvalue weighted by Crippen LogP contribution is 2.29. The Hall–Kier alpha value is -2.81. The first-order chi connectivity index (χ1) is 10.7.